The molecule has 1 aliphatic rings. The Balaban J connectivity index is 1.96. The highest BCUT2D eigenvalue weighted by molar-refractivity contribution is 8.00. The van der Waals surface area contributed by atoms with Gasteiger partial charge in [-0.2, -0.15) is 11.8 Å². The van der Waals surface area contributed by atoms with Crippen molar-refractivity contribution < 1.29 is 4.74 Å². The summed E-state index contributed by atoms with van der Waals surface area (Å²) in [5, 5.41) is 3.57. The second-order valence-corrected chi connectivity index (χ2v) is 5.96. The number of hydrogen-bond donors (Lipinski definition) is 1. The van der Waals surface area contributed by atoms with E-state index in [1.165, 1.54) is 30.9 Å². The van der Waals surface area contributed by atoms with E-state index in [2.05, 4.69) is 19.2 Å². The zero-order valence-electron chi connectivity index (χ0n) is 9.64. The van der Waals surface area contributed by atoms with Crippen molar-refractivity contribution in [1.82, 2.24) is 5.32 Å². The molecule has 84 valence electrons. The SMILES string of the molecule is COCC(C)(C)CCCNC1CSC1. The fraction of sp³-hybridized carbons (Fsp3) is 1.00. The standard InChI is InChI=1S/C11H23NOS/c1-11(2,9-13-3)5-4-6-12-10-7-14-8-10/h10,12H,4-9H2,1-3H3. The zero-order chi connectivity index (χ0) is 10.4. The molecule has 1 fully saturated rings. The number of nitrogens with one attached hydrogen (secondary N) is 1. The van der Waals surface area contributed by atoms with Crippen molar-refractivity contribution in [2.75, 3.05) is 31.8 Å². The molecule has 0 saturated carbocycles. The van der Waals surface area contributed by atoms with E-state index in [4.69, 9.17) is 4.74 Å². The van der Waals surface area contributed by atoms with Gasteiger partial charge in [0.25, 0.3) is 0 Å². The van der Waals surface area contributed by atoms with Crippen LogP contribution in [0.15, 0.2) is 0 Å². The summed E-state index contributed by atoms with van der Waals surface area (Å²) in [5.74, 6) is 2.61. The summed E-state index contributed by atoms with van der Waals surface area (Å²) in [4.78, 5) is 0. The maximum Gasteiger partial charge on any atom is 0.0513 e. The van der Waals surface area contributed by atoms with Crippen LogP contribution < -0.4 is 5.32 Å². The molecule has 0 amide bonds. The monoisotopic (exact) mass is 217 g/mol. The minimum atomic E-state index is 0.338. The average molecular weight is 217 g/mol. The zero-order valence-corrected chi connectivity index (χ0v) is 10.5. The predicted molar refractivity (Wildman–Crippen MR) is 64.0 cm³/mol. The third kappa shape index (κ3) is 4.67. The molecule has 0 atom stereocenters. The molecule has 0 bridgehead atoms. The van der Waals surface area contributed by atoms with Gasteiger partial charge in [0.15, 0.2) is 0 Å². The van der Waals surface area contributed by atoms with Gasteiger partial charge in [0.05, 0.1) is 6.61 Å². The van der Waals surface area contributed by atoms with E-state index in [1.807, 2.05) is 11.8 Å². The van der Waals surface area contributed by atoms with Crippen molar-refractivity contribution in [1.29, 1.82) is 0 Å². The molecule has 0 aromatic rings. The molecular formula is C11H23NOS. The topological polar surface area (TPSA) is 21.3 Å². The summed E-state index contributed by atoms with van der Waals surface area (Å²) in [6, 6.07) is 0.797. The van der Waals surface area contributed by atoms with Gasteiger partial charge in [0.2, 0.25) is 0 Å². The van der Waals surface area contributed by atoms with Crippen molar-refractivity contribution in [3.05, 3.63) is 0 Å². The Morgan fingerprint density at radius 2 is 2.14 bits per heavy atom. The molecular weight excluding hydrogens is 194 g/mol. The molecule has 0 unspecified atom stereocenters. The first kappa shape index (κ1) is 12.3. The van der Waals surface area contributed by atoms with Crippen LogP contribution in [0.1, 0.15) is 26.7 Å². The summed E-state index contributed by atoms with van der Waals surface area (Å²) in [6.07, 6.45) is 2.51. The smallest absolute Gasteiger partial charge is 0.0513 e. The van der Waals surface area contributed by atoms with E-state index in [9.17, 15) is 0 Å². The van der Waals surface area contributed by atoms with Crippen LogP contribution in [-0.4, -0.2) is 37.8 Å². The van der Waals surface area contributed by atoms with Crippen LogP contribution in [0.25, 0.3) is 0 Å². The maximum atomic E-state index is 5.19. The van der Waals surface area contributed by atoms with Gasteiger partial charge in [-0.25, -0.2) is 0 Å². The van der Waals surface area contributed by atoms with Gasteiger partial charge in [-0.05, 0) is 24.8 Å². The molecule has 1 rings (SSSR count). The van der Waals surface area contributed by atoms with Gasteiger partial charge in [-0.15, -0.1) is 0 Å². The van der Waals surface area contributed by atoms with Crippen molar-refractivity contribution >= 4 is 11.8 Å². The van der Waals surface area contributed by atoms with Crippen LogP contribution in [0.2, 0.25) is 0 Å². The first-order valence-corrected chi connectivity index (χ1v) is 6.59. The van der Waals surface area contributed by atoms with Gasteiger partial charge in [0, 0.05) is 24.7 Å². The Morgan fingerprint density at radius 1 is 1.43 bits per heavy atom. The molecule has 0 radical (unpaired) electrons. The lowest BCUT2D eigenvalue weighted by Gasteiger charge is -2.27. The quantitative estimate of drug-likeness (QED) is 0.660. The molecule has 0 aromatic heterocycles. The van der Waals surface area contributed by atoms with Crippen molar-refractivity contribution in [2.45, 2.75) is 32.7 Å². The lowest BCUT2D eigenvalue weighted by Crippen LogP contribution is -2.40. The van der Waals surface area contributed by atoms with Gasteiger partial charge in [-0.3, -0.25) is 0 Å². The van der Waals surface area contributed by atoms with Gasteiger partial charge < -0.3 is 10.1 Å². The number of rotatable bonds is 7. The molecule has 3 heteroatoms. The van der Waals surface area contributed by atoms with Crippen LogP contribution in [-0.2, 0) is 4.74 Å². The molecule has 1 heterocycles. The van der Waals surface area contributed by atoms with E-state index in [0.29, 0.717) is 5.41 Å². The Bertz CT molecular complexity index is 157. The van der Waals surface area contributed by atoms with Gasteiger partial charge in [-0.1, -0.05) is 13.8 Å². The number of ether oxygens (including phenoxy) is 1. The lowest BCUT2D eigenvalue weighted by atomic mass is 9.89. The molecule has 1 N–H and O–H groups in total. The second kappa shape index (κ2) is 5.99. The first-order chi connectivity index (χ1) is 6.64. The fourth-order valence-corrected chi connectivity index (χ4v) is 2.40. The van der Waals surface area contributed by atoms with Gasteiger partial charge >= 0.3 is 0 Å². The Kier molecular flexibility index (Phi) is 5.28. The van der Waals surface area contributed by atoms with E-state index in [-0.39, 0.29) is 0 Å². The van der Waals surface area contributed by atoms with Crippen LogP contribution in [0, 0.1) is 5.41 Å². The Hall–Kier alpha value is 0.270. The van der Waals surface area contributed by atoms with Crippen LogP contribution in [0.3, 0.4) is 0 Å². The Morgan fingerprint density at radius 3 is 2.64 bits per heavy atom. The average Bonchev–Trinajstić information content (AvgIpc) is 2.00. The first-order valence-electron chi connectivity index (χ1n) is 5.44. The van der Waals surface area contributed by atoms with Gasteiger partial charge in [0.1, 0.15) is 0 Å². The summed E-state index contributed by atoms with van der Waals surface area (Å²) < 4.78 is 5.19. The highest BCUT2D eigenvalue weighted by atomic mass is 32.2. The highest BCUT2D eigenvalue weighted by Crippen LogP contribution is 2.22. The van der Waals surface area contributed by atoms with Crippen LogP contribution in [0.4, 0.5) is 0 Å². The molecule has 14 heavy (non-hydrogen) atoms. The summed E-state index contributed by atoms with van der Waals surface area (Å²) in [5.41, 5.74) is 0.338. The molecule has 0 spiro atoms. The number of thioether (sulfide) groups is 1. The molecule has 0 aliphatic carbocycles. The third-order valence-corrected chi connectivity index (χ3v) is 3.91. The van der Waals surface area contributed by atoms with E-state index < -0.39 is 0 Å². The third-order valence-electron chi connectivity index (χ3n) is 2.64. The summed E-state index contributed by atoms with van der Waals surface area (Å²) in [7, 11) is 1.78. The summed E-state index contributed by atoms with van der Waals surface area (Å²) in [6.45, 7) is 6.58. The van der Waals surface area contributed by atoms with Crippen molar-refractivity contribution in [3.63, 3.8) is 0 Å². The van der Waals surface area contributed by atoms with E-state index in [0.717, 1.165) is 12.6 Å². The number of hydrogen-bond acceptors (Lipinski definition) is 3. The molecule has 0 aromatic carbocycles. The van der Waals surface area contributed by atoms with Crippen LogP contribution >= 0.6 is 11.8 Å². The normalized spacial score (nSPS) is 18.2. The van der Waals surface area contributed by atoms with E-state index >= 15 is 0 Å². The molecule has 1 aliphatic heterocycles. The highest BCUT2D eigenvalue weighted by Gasteiger charge is 2.19. The maximum absolute atomic E-state index is 5.19. The van der Waals surface area contributed by atoms with Crippen molar-refractivity contribution in [3.8, 4) is 0 Å². The van der Waals surface area contributed by atoms with E-state index in [1.54, 1.807) is 7.11 Å². The van der Waals surface area contributed by atoms with Crippen molar-refractivity contribution in [2.24, 2.45) is 5.41 Å². The molecule has 2 nitrogen and oxygen atoms in total. The summed E-state index contributed by atoms with van der Waals surface area (Å²) >= 11 is 2.03. The lowest BCUT2D eigenvalue weighted by molar-refractivity contribution is 0.0966. The largest absolute Gasteiger partial charge is 0.384 e. The number of methoxy groups -OCH3 is 1. The second-order valence-electron chi connectivity index (χ2n) is 4.89. The minimum absolute atomic E-state index is 0.338. The van der Waals surface area contributed by atoms with Crippen LogP contribution in [0.5, 0.6) is 0 Å². The fourth-order valence-electron chi connectivity index (χ4n) is 1.69. The Labute approximate surface area is 92.2 Å². The minimum Gasteiger partial charge on any atom is -0.384 e. The predicted octanol–water partition coefficient (Wildman–Crippen LogP) is 2.14. The molecule has 1 saturated heterocycles.